The van der Waals surface area contributed by atoms with Crippen molar-refractivity contribution in [3.05, 3.63) is 65.4 Å². The number of carbonyl (C=O) groups is 2. The van der Waals surface area contributed by atoms with Crippen molar-refractivity contribution in [2.75, 3.05) is 20.2 Å². The smallest absolute Gasteiger partial charge is 0.328 e. The molecule has 0 aliphatic carbocycles. The van der Waals surface area contributed by atoms with Gasteiger partial charge in [0.15, 0.2) is 0 Å². The van der Waals surface area contributed by atoms with Gasteiger partial charge in [0, 0.05) is 29.6 Å². The van der Waals surface area contributed by atoms with Crippen molar-refractivity contribution in [2.24, 2.45) is 5.73 Å². The molecule has 2 aliphatic heterocycles. The van der Waals surface area contributed by atoms with E-state index >= 15 is 0 Å². The highest BCUT2D eigenvalue weighted by atomic mass is 16.5. The van der Waals surface area contributed by atoms with Crippen LogP contribution in [0.25, 0.3) is 10.9 Å². The van der Waals surface area contributed by atoms with E-state index in [9.17, 15) is 9.59 Å². The Labute approximate surface area is 187 Å². The molecule has 3 N–H and O–H groups in total. The molecule has 2 aliphatic rings. The summed E-state index contributed by atoms with van der Waals surface area (Å²) in [6.45, 7) is 2.77. The van der Waals surface area contributed by atoms with Crippen molar-refractivity contribution in [3.8, 4) is 5.75 Å². The van der Waals surface area contributed by atoms with E-state index in [0.29, 0.717) is 32.4 Å². The molecular weight excluding hydrogens is 404 g/mol. The molecule has 0 bridgehead atoms. The van der Waals surface area contributed by atoms with Crippen LogP contribution in [-0.4, -0.2) is 52.5 Å². The van der Waals surface area contributed by atoms with Crippen LogP contribution in [0.3, 0.4) is 0 Å². The standard InChI is InChI=1S/C25H28N4O3/c1-3-25-15-19-18-14-17(32-2)10-11-20(18)27-21(19)22(16-8-5-4-6-9-16)29(25)24(31)28(23(25)30)13-7-12-26/h4-6,8-11,14,22,27H,3,7,12-13,15,26H2,1-2H3/t22-,25+/m1/s1. The normalized spacial score (nSPS) is 22.4. The van der Waals surface area contributed by atoms with Gasteiger partial charge in [0.1, 0.15) is 17.3 Å². The average molecular weight is 433 g/mol. The summed E-state index contributed by atoms with van der Waals surface area (Å²) in [7, 11) is 1.65. The minimum atomic E-state index is -0.919. The van der Waals surface area contributed by atoms with Gasteiger partial charge >= 0.3 is 6.03 Å². The molecule has 7 heteroatoms. The van der Waals surface area contributed by atoms with Crippen LogP contribution in [0.4, 0.5) is 4.79 Å². The number of methoxy groups -OCH3 is 1. The monoisotopic (exact) mass is 432 g/mol. The second kappa shape index (κ2) is 7.67. The van der Waals surface area contributed by atoms with Gasteiger partial charge < -0.3 is 15.5 Å². The topological polar surface area (TPSA) is 91.7 Å². The maximum Gasteiger partial charge on any atom is 0.328 e. The molecule has 0 unspecified atom stereocenters. The van der Waals surface area contributed by atoms with Gasteiger partial charge in [0.25, 0.3) is 5.91 Å². The number of H-pyrrole nitrogens is 1. The molecule has 1 fully saturated rings. The Morgan fingerprint density at radius 1 is 1.19 bits per heavy atom. The number of nitrogens with zero attached hydrogens (tertiary/aromatic N) is 2. The van der Waals surface area contributed by atoms with Gasteiger partial charge in [-0.2, -0.15) is 0 Å². The minimum absolute atomic E-state index is 0.123. The van der Waals surface area contributed by atoms with Crippen molar-refractivity contribution in [1.82, 2.24) is 14.8 Å². The first kappa shape index (κ1) is 20.6. The Hall–Kier alpha value is -3.32. The van der Waals surface area contributed by atoms with Gasteiger partial charge in [-0.3, -0.25) is 14.6 Å². The van der Waals surface area contributed by atoms with Gasteiger partial charge in [-0.15, -0.1) is 0 Å². The Bertz CT molecular complexity index is 1190. The number of aromatic amines is 1. The summed E-state index contributed by atoms with van der Waals surface area (Å²) in [6.07, 6.45) is 1.60. The van der Waals surface area contributed by atoms with E-state index in [1.807, 2.05) is 60.4 Å². The van der Waals surface area contributed by atoms with E-state index in [1.54, 1.807) is 7.11 Å². The predicted octanol–water partition coefficient (Wildman–Crippen LogP) is 3.58. The third-order valence-corrected chi connectivity index (χ3v) is 6.97. The van der Waals surface area contributed by atoms with Crippen molar-refractivity contribution in [2.45, 2.75) is 37.8 Å². The van der Waals surface area contributed by atoms with Gasteiger partial charge in [-0.05, 0) is 48.7 Å². The number of hydrogen-bond acceptors (Lipinski definition) is 4. The average Bonchev–Trinajstić information content (AvgIpc) is 3.29. The van der Waals surface area contributed by atoms with Crippen molar-refractivity contribution >= 4 is 22.8 Å². The van der Waals surface area contributed by atoms with Crippen LogP contribution in [0.2, 0.25) is 0 Å². The number of ether oxygens (including phenoxy) is 1. The number of rotatable bonds is 6. The molecule has 0 radical (unpaired) electrons. The molecule has 2 aromatic carbocycles. The number of aromatic nitrogens is 1. The molecule has 2 atom stereocenters. The summed E-state index contributed by atoms with van der Waals surface area (Å²) in [6, 6.07) is 15.3. The fraction of sp³-hybridized carbons (Fsp3) is 0.360. The molecule has 1 saturated heterocycles. The summed E-state index contributed by atoms with van der Waals surface area (Å²) in [5.74, 6) is 0.643. The summed E-state index contributed by atoms with van der Waals surface area (Å²) in [5, 5.41) is 1.04. The zero-order chi connectivity index (χ0) is 22.5. The first-order chi connectivity index (χ1) is 15.6. The lowest BCUT2D eigenvalue weighted by Crippen LogP contribution is -2.55. The highest BCUT2D eigenvalue weighted by molar-refractivity contribution is 6.08. The van der Waals surface area contributed by atoms with Crippen LogP contribution in [-0.2, 0) is 11.2 Å². The third-order valence-electron chi connectivity index (χ3n) is 6.97. The van der Waals surface area contributed by atoms with E-state index < -0.39 is 5.54 Å². The third kappa shape index (κ3) is 2.77. The number of carbonyl (C=O) groups excluding carboxylic acids is 2. The number of imide groups is 1. The highest BCUT2D eigenvalue weighted by Gasteiger charge is 2.61. The fourth-order valence-electron chi connectivity index (χ4n) is 5.34. The van der Waals surface area contributed by atoms with Crippen LogP contribution >= 0.6 is 0 Å². The molecule has 3 aromatic rings. The summed E-state index contributed by atoms with van der Waals surface area (Å²) in [4.78, 5) is 34.2. The lowest BCUT2D eigenvalue weighted by Gasteiger charge is -2.44. The van der Waals surface area contributed by atoms with Crippen molar-refractivity contribution < 1.29 is 14.3 Å². The molecular formula is C25H28N4O3. The van der Waals surface area contributed by atoms with Gasteiger partial charge in [0.05, 0.1) is 7.11 Å². The van der Waals surface area contributed by atoms with Gasteiger partial charge in [0.2, 0.25) is 0 Å². The lowest BCUT2D eigenvalue weighted by molar-refractivity contribution is -0.134. The van der Waals surface area contributed by atoms with Crippen LogP contribution in [0, 0.1) is 0 Å². The van der Waals surface area contributed by atoms with E-state index in [2.05, 4.69) is 4.98 Å². The number of amides is 3. The number of nitrogens with one attached hydrogen (secondary N) is 1. The number of benzene rings is 2. The van der Waals surface area contributed by atoms with Gasteiger partial charge in [-0.1, -0.05) is 37.3 Å². The van der Waals surface area contributed by atoms with Crippen LogP contribution in [0.5, 0.6) is 5.75 Å². The van der Waals surface area contributed by atoms with Crippen LogP contribution < -0.4 is 10.5 Å². The lowest BCUT2D eigenvalue weighted by atomic mass is 9.78. The first-order valence-electron chi connectivity index (χ1n) is 11.1. The minimum Gasteiger partial charge on any atom is -0.497 e. The molecule has 1 aromatic heterocycles. The Morgan fingerprint density at radius 3 is 2.66 bits per heavy atom. The Morgan fingerprint density at radius 2 is 1.97 bits per heavy atom. The number of hydrogen-bond donors (Lipinski definition) is 2. The number of urea groups is 1. The Balaban J connectivity index is 1.76. The van der Waals surface area contributed by atoms with E-state index in [-0.39, 0.29) is 18.0 Å². The molecule has 3 amide bonds. The second-order valence-electron chi connectivity index (χ2n) is 8.56. The van der Waals surface area contributed by atoms with E-state index in [1.165, 1.54) is 4.90 Å². The second-order valence-corrected chi connectivity index (χ2v) is 8.56. The molecule has 32 heavy (non-hydrogen) atoms. The zero-order valence-electron chi connectivity index (χ0n) is 18.4. The first-order valence-corrected chi connectivity index (χ1v) is 11.1. The maximum absolute atomic E-state index is 13.8. The molecule has 0 spiro atoms. The molecule has 3 heterocycles. The predicted molar refractivity (Wildman–Crippen MR) is 122 cm³/mol. The molecule has 166 valence electrons. The number of fused-ring (bicyclic) bond motifs is 4. The highest BCUT2D eigenvalue weighted by Crippen LogP contribution is 2.50. The maximum atomic E-state index is 13.8. The fourth-order valence-corrected chi connectivity index (χ4v) is 5.34. The largest absolute Gasteiger partial charge is 0.497 e. The molecule has 7 nitrogen and oxygen atoms in total. The SMILES string of the molecule is CC[C@@]12Cc3c([nH]c4ccc(OC)cc34)[C@@H](c3ccccc3)N1C(=O)N(CCCN)C2=O. The summed E-state index contributed by atoms with van der Waals surface area (Å²) < 4.78 is 5.47. The number of nitrogens with two attached hydrogens (primary N) is 1. The Kier molecular flexibility index (Phi) is 4.93. The summed E-state index contributed by atoms with van der Waals surface area (Å²) >= 11 is 0. The molecule has 0 saturated carbocycles. The quantitative estimate of drug-likeness (QED) is 0.583. The zero-order valence-corrected chi connectivity index (χ0v) is 18.4. The van der Waals surface area contributed by atoms with E-state index in [0.717, 1.165) is 33.5 Å². The van der Waals surface area contributed by atoms with Crippen molar-refractivity contribution in [3.63, 3.8) is 0 Å². The molecule has 5 rings (SSSR count). The van der Waals surface area contributed by atoms with Crippen LogP contribution in [0.15, 0.2) is 48.5 Å². The van der Waals surface area contributed by atoms with Crippen molar-refractivity contribution in [1.29, 1.82) is 0 Å². The van der Waals surface area contributed by atoms with Crippen LogP contribution in [0.1, 0.15) is 42.6 Å². The van der Waals surface area contributed by atoms with Gasteiger partial charge in [-0.25, -0.2) is 4.79 Å². The van der Waals surface area contributed by atoms with E-state index in [4.69, 9.17) is 10.5 Å². The summed E-state index contributed by atoms with van der Waals surface area (Å²) in [5.41, 5.74) is 8.77.